The van der Waals surface area contributed by atoms with Crippen LogP contribution >= 0.6 is 0 Å². The van der Waals surface area contributed by atoms with Gasteiger partial charge in [0.15, 0.2) is 0 Å². The summed E-state index contributed by atoms with van der Waals surface area (Å²) in [7, 11) is 0. The van der Waals surface area contributed by atoms with Gasteiger partial charge in [0.2, 0.25) is 29.5 Å². The highest BCUT2D eigenvalue weighted by Gasteiger charge is 2.58. The molecule has 9 heterocycles. The van der Waals surface area contributed by atoms with E-state index in [2.05, 4.69) is 148 Å². The molecule has 8 atom stereocenters. The molecule has 4 aromatic carbocycles. The van der Waals surface area contributed by atoms with Crippen LogP contribution in [0, 0.1) is 104 Å². The maximum Gasteiger partial charge on any atom is 0.410 e. The van der Waals surface area contributed by atoms with Crippen LogP contribution in [-0.2, 0) is 38.2 Å². The van der Waals surface area contributed by atoms with E-state index in [1.807, 2.05) is 64.6 Å². The Kier molecular flexibility index (Phi) is 37.6. The molecule has 0 bridgehead atoms. The monoisotopic (exact) mass is 2080 g/mol. The molecule has 4 saturated carbocycles. The average molecular weight is 2080 g/mol. The number of benzene rings is 4. The number of aliphatic hydroxyl groups is 1. The number of rotatable bonds is 20. The Balaban J connectivity index is 0.000000157. The van der Waals surface area contributed by atoms with E-state index in [-0.39, 0.29) is 144 Å². The molecule has 9 saturated heterocycles. The van der Waals surface area contributed by atoms with Gasteiger partial charge in [0, 0.05) is 175 Å². The number of carbonyl (C=O) groups is 7. The van der Waals surface area contributed by atoms with E-state index in [0.29, 0.717) is 120 Å². The van der Waals surface area contributed by atoms with Crippen LogP contribution < -0.4 is 5.32 Å². The van der Waals surface area contributed by atoms with E-state index in [1.165, 1.54) is 138 Å². The zero-order valence-electron chi connectivity index (χ0n) is 94.6. The van der Waals surface area contributed by atoms with Crippen molar-refractivity contribution < 1.29 is 74.5 Å². The average Bonchev–Trinajstić information content (AvgIpc) is 1.58. The smallest absolute Gasteiger partial charge is 0.410 e. The molecule has 13 fully saturated rings. The summed E-state index contributed by atoms with van der Waals surface area (Å²) in [6.45, 7) is 53.9. The number of piperidine rings is 4. The van der Waals surface area contributed by atoms with Gasteiger partial charge in [0.05, 0.1) is 52.2 Å². The van der Waals surface area contributed by atoms with Gasteiger partial charge in [0.1, 0.15) is 41.5 Å². The summed E-state index contributed by atoms with van der Waals surface area (Å²) in [5.74, 6) is -1.81. The largest absolute Gasteiger partial charge is 0.466 e. The van der Waals surface area contributed by atoms with E-state index >= 15 is 0 Å². The summed E-state index contributed by atoms with van der Waals surface area (Å²) in [5, 5.41) is 13.8. The Morgan fingerprint density at radius 3 is 1.01 bits per heavy atom. The van der Waals surface area contributed by atoms with Crippen molar-refractivity contribution in [2.24, 2.45) is 69.0 Å². The lowest BCUT2D eigenvalue weighted by Gasteiger charge is -2.51. The Morgan fingerprint density at radius 1 is 0.389 bits per heavy atom. The summed E-state index contributed by atoms with van der Waals surface area (Å²) in [4.78, 5) is 115. The van der Waals surface area contributed by atoms with Gasteiger partial charge in [-0.25, -0.2) is 31.1 Å². The van der Waals surface area contributed by atoms with E-state index < -0.39 is 40.2 Å². The van der Waals surface area contributed by atoms with Gasteiger partial charge < -0.3 is 39.5 Å². The van der Waals surface area contributed by atoms with Crippen LogP contribution in [0.25, 0.3) is 0 Å². The van der Waals surface area contributed by atoms with Crippen LogP contribution in [0.15, 0.2) is 84.9 Å². The van der Waals surface area contributed by atoms with Gasteiger partial charge >= 0.3 is 12.1 Å². The summed E-state index contributed by atoms with van der Waals surface area (Å²) >= 11 is 0. The van der Waals surface area contributed by atoms with Gasteiger partial charge in [-0.1, -0.05) is 113 Å². The first-order chi connectivity index (χ1) is 70.0. The molecule has 17 rings (SSSR count). The van der Waals surface area contributed by atoms with Crippen LogP contribution in [0.3, 0.4) is 0 Å². The predicted molar refractivity (Wildman–Crippen MR) is 577 cm³/mol. The number of likely N-dealkylation sites (tertiary alicyclic amines) is 8. The minimum Gasteiger partial charge on any atom is -0.466 e. The molecule has 830 valence electrons. The highest BCUT2D eigenvalue weighted by atomic mass is 19.2. The van der Waals surface area contributed by atoms with E-state index in [1.54, 1.807) is 0 Å². The van der Waals surface area contributed by atoms with Crippen LogP contribution in [-0.4, -0.2) is 254 Å². The van der Waals surface area contributed by atoms with Gasteiger partial charge in [0.25, 0.3) is 0 Å². The van der Waals surface area contributed by atoms with Gasteiger partial charge in [-0.3, -0.25) is 53.3 Å². The number of esters is 1. The summed E-state index contributed by atoms with van der Waals surface area (Å²) in [6.07, 6.45) is 32.2. The molecule has 4 unspecified atom stereocenters. The Hall–Kier alpha value is -7.65. The van der Waals surface area contributed by atoms with E-state index in [4.69, 9.17) is 9.47 Å². The summed E-state index contributed by atoms with van der Waals surface area (Å²) in [6, 6.07) is 20.9. The summed E-state index contributed by atoms with van der Waals surface area (Å²) < 4.78 is 95.4. The predicted octanol–water partition coefficient (Wildman–Crippen LogP) is 23.9. The molecule has 13 aliphatic rings. The summed E-state index contributed by atoms with van der Waals surface area (Å²) in [5.41, 5.74) is 0.611. The first kappa shape index (κ1) is 117. The van der Waals surface area contributed by atoms with Crippen LogP contribution in [0.5, 0.6) is 0 Å². The molecule has 20 nitrogen and oxygen atoms in total. The van der Waals surface area contributed by atoms with Gasteiger partial charge in [-0.05, 0) is 347 Å². The van der Waals surface area contributed by atoms with Crippen molar-refractivity contribution in [2.75, 3.05) is 124 Å². The second kappa shape index (κ2) is 48.0. The minimum absolute atomic E-state index is 0.0107. The molecular weight excluding hydrogens is 1890 g/mol. The second-order valence-electron chi connectivity index (χ2n) is 54.0. The lowest BCUT2D eigenvalue weighted by atomic mass is 9.61. The highest BCUT2D eigenvalue weighted by Crippen LogP contribution is 2.56. The fourth-order valence-corrected chi connectivity index (χ4v) is 28.7. The molecule has 0 aromatic heterocycles. The van der Waals surface area contributed by atoms with Crippen molar-refractivity contribution in [3.05, 3.63) is 142 Å². The van der Waals surface area contributed by atoms with Crippen LogP contribution in [0.4, 0.5) is 31.1 Å². The Morgan fingerprint density at radius 2 is 0.691 bits per heavy atom. The van der Waals surface area contributed by atoms with E-state index in [9.17, 15) is 65.0 Å². The topological polar surface area (TPSA) is 199 Å². The normalized spacial score (nSPS) is 26.4. The van der Waals surface area contributed by atoms with Crippen LogP contribution in [0.1, 0.15) is 377 Å². The number of nitrogens with one attached hydrogen (secondary N) is 1. The molecule has 4 aromatic rings. The number of ether oxygens (including phenoxy) is 2. The number of carbonyl (C=O) groups excluding carboxylic acids is 7. The molecular formula is C123H186F6N10O10. The molecule has 26 heteroatoms. The van der Waals surface area contributed by atoms with E-state index in [0.717, 1.165) is 166 Å². The third kappa shape index (κ3) is 27.9. The molecule has 2 N–H and O–H groups in total. The zero-order chi connectivity index (χ0) is 108. The van der Waals surface area contributed by atoms with Crippen molar-refractivity contribution in [1.82, 2.24) is 49.4 Å². The number of hydrogen-bond donors (Lipinski definition) is 2. The lowest BCUT2D eigenvalue weighted by Crippen LogP contribution is -2.57. The highest BCUT2D eigenvalue weighted by molar-refractivity contribution is 5.86. The zero-order valence-corrected chi connectivity index (χ0v) is 94.6. The maximum absolute atomic E-state index is 14.9. The van der Waals surface area contributed by atoms with Crippen molar-refractivity contribution >= 4 is 41.6 Å². The number of nitrogens with zero attached hydrogens (tertiary/aromatic N) is 9. The SMILES string of the molecule is CC(C)(C)N1CC(C(=O)N2CCC(CN3C(=O)OCC3(C)C)(C3CCCCC3)CC2)[C@H](c2ccc(F)cc2)C1.CC(C)(C)NC(=O)C1(C2CCCCC2)CCN(C(=O)C2CN(C(C)(C)C)C[C@H]2c2ccc(F)cc2)CC1.CC(C)(O)CCC1(C2CCCCC2)CCN(C(=O)C2CN(C(C)(C)C)C[C@H]2c2ccc(F)cc2F)CC1.CCOC(=O)C1(C2CCCCC2)CCN(C(=O)C2CN(C(C)(C)C)C[C@H]2c2ccc(F)cc2F)CC1. The fraction of sp³-hybridized carbons (Fsp3) is 0.748. The lowest BCUT2D eigenvalue weighted by molar-refractivity contribution is -0.166. The van der Waals surface area contributed by atoms with Gasteiger partial charge in [-0.15, -0.1) is 0 Å². The molecule has 9 aliphatic heterocycles. The third-order valence-electron chi connectivity index (χ3n) is 38.3. The van der Waals surface area contributed by atoms with Crippen molar-refractivity contribution in [3.8, 4) is 0 Å². The first-order valence-corrected chi connectivity index (χ1v) is 57.8. The maximum atomic E-state index is 14.9. The standard InChI is InChI=1S/C32H48FN3O3.C31H48F2N2O2.C31H48FN3O2.C29H42F2N2O3/c1-30(2,3)35-19-26(23-11-13-25(33)14-12-23)27(20-35)28(37)34-17-15-32(16-18-34,24-9-7-6-8-10-24)21-36-29(38)39-22-31(36,4)5;1-29(2,3)35-20-25(24-12-11-23(32)19-27(24)33)26(21-35)28(36)34-17-15-31(16-18-34,14-13-30(4,5)37)22-9-7-6-8-10-22;1-29(2,3)33-28(37)31(23-10-8-7-9-11-23)16-18-34(19-17-31)27(36)26-21-35(30(4,5)6)20-25(26)22-12-14-24(32)15-13-22;1-5-36-27(35)29(20-9-7-6-8-10-20)13-15-32(16-14-29)26(34)24-19-33(28(2,3)4)18-23(24)22-12-11-21(30)17-25(22)31/h11-14,24,26-27H,6-10,15-22H2,1-5H3;11-12,19,22,25-26,37H,6-10,13-18,20-21H2,1-5H3;12-15,23,25-26H,7-11,16-21H2,1-6H3,(H,33,37);11-12,17,20,23-24H,5-10,13-16,18-19H2,1-4H3/t26-,27?;2*25-,26?;23-,24?/m0000/s1. The second-order valence-corrected chi connectivity index (χ2v) is 54.0. The van der Waals surface area contributed by atoms with Gasteiger partial charge in [-0.2, -0.15) is 0 Å². The first-order valence-electron chi connectivity index (χ1n) is 57.8. The minimum atomic E-state index is -0.679. The third-order valence-corrected chi connectivity index (χ3v) is 38.3. The van der Waals surface area contributed by atoms with Crippen molar-refractivity contribution in [2.45, 2.75) is 394 Å². The Bertz CT molecular complexity index is 5130. The molecule has 4 aliphatic carbocycles. The quantitative estimate of drug-likeness (QED) is 0.0625. The number of hydrogen-bond acceptors (Lipinski definition) is 14. The number of amides is 6. The molecule has 149 heavy (non-hydrogen) atoms. The Labute approximate surface area is 889 Å². The van der Waals surface area contributed by atoms with Crippen molar-refractivity contribution in [1.29, 1.82) is 0 Å². The molecule has 0 radical (unpaired) electrons. The van der Waals surface area contributed by atoms with Crippen LogP contribution in [0.2, 0.25) is 0 Å². The van der Waals surface area contributed by atoms with Crippen molar-refractivity contribution in [3.63, 3.8) is 0 Å². The molecule has 6 amide bonds. The fourth-order valence-electron chi connectivity index (χ4n) is 28.7. The number of cyclic esters (lactones) is 1. The number of halogens is 6. The molecule has 0 spiro atoms.